The lowest BCUT2D eigenvalue weighted by atomic mass is 9.86. The first-order valence-electron chi connectivity index (χ1n) is 13.6. The van der Waals surface area contributed by atoms with Crippen LogP contribution in [0.1, 0.15) is 79.5 Å². The van der Waals surface area contributed by atoms with Crippen molar-refractivity contribution in [1.82, 2.24) is 10.3 Å². The number of hydrogen-bond acceptors (Lipinski definition) is 5. The van der Waals surface area contributed by atoms with Gasteiger partial charge < -0.3 is 19.6 Å². The summed E-state index contributed by atoms with van der Waals surface area (Å²) in [7, 11) is -2.44. The van der Waals surface area contributed by atoms with Gasteiger partial charge in [-0.05, 0) is 95.9 Å². The van der Waals surface area contributed by atoms with E-state index in [4.69, 9.17) is 9.16 Å². The predicted molar refractivity (Wildman–Crippen MR) is 152 cm³/mol. The minimum Gasteiger partial charge on any atom is -0.444 e. The summed E-state index contributed by atoms with van der Waals surface area (Å²) in [6, 6.07) is 6.42. The van der Waals surface area contributed by atoms with Crippen LogP contribution in [-0.2, 0) is 20.4 Å². The van der Waals surface area contributed by atoms with Crippen molar-refractivity contribution in [2.75, 3.05) is 6.54 Å². The maximum atomic E-state index is 16.3. The first-order chi connectivity index (χ1) is 18.0. The van der Waals surface area contributed by atoms with Crippen LogP contribution in [0.5, 0.6) is 0 Å². The van der Waals surface area contributed by atoms with Gasteiger partial charge in [0.25, 0.3) is 0 Å². The Morgan fingerprint density at radius 3 is 2.08 bits per heavy atom. The summed E-state index contributed by atoms with van der Waals surface area (Å²) in [5.41, 5.74) is -6.44. The molecule has 40 heavy (non-hydrogen) atoms. The van der Waals surface area contributed by atoms with Crippen molar-refractivity contribution in [3.63, 3.8) is 0 Å². The van der Waals surface area contributed by atoms with Crippen molar-refractivity contribution in [3.05, 3.63) is 53.2 Å². The molecule has 0 aliphatic heterocycles. The van der Waals surface area contributed by atoms with E-state index in [0.29, 0.717) is 0 Å². The number of carbonyl (C=O) groups excluding carboxylic acids is 1. The fourth-order valence-electron chi connectivity index (χ4n) is 4.34. The summed E-state index contributed by atoms with van der Waals surface area (Å²) in [5.74, 6) is -1.23. The van der Waals surface area contributed by atoms with Gasteiger partial charge >= 0.3 is 6.09 Å². The molecule has 1 aromatic carbocycles. The standard InChI is InChI=1S/C30H43F3N2O4Si/c1-26(2,3)38-25(36)34-18-30(37,29(33)15-16-29)22-17-21(28(7,8)39-40(9,10)27(4,5)6)23(32)24(35-22)19-11-13-20(31)14-12-19/h11-14,17,37H,15-16,18H2,1-10H3,(H,34,36). The molecule has 6 nitrogen and oxygen atoms in total. The molecule has 1 atom stereocenters. The number of rotatable bonds is 8. The Morgan fingerprint density at radius 1 is 1.05 bits per heavy atom. The highest BCUT2D eigenvalue weighted by Gasteiger charge is 2.62. The van der Waals surface area contributed by atoms with Crippen molar-refractivity contribution < 1.29 is 32.2 Å². The Balaban J connectivity index is 2.20. The molecular weight excluding hydrogens is 537 g/mol. The van der Waals surface area contributed by atoms with Gasteiger partial charge in [-0.15, -0.1) is 0 Å². The topological polar surface area (TPSA) is 80.7 Å². The van der Waals surface area contributed by atoms with E-state index in [-0.39, 0.29) is 40.4 Å². The number of hydrogen-bond donors (Lipinski definition) is 2. The number of ether oxygens (including phenoxy) is 1. The van der Waals surface area contributed by atoms with Crippen molar-refractivity contribution in [2.45, 2.75) is 109 Å². The zero-order valence-corrected chi connectivity index (χ0v) is 26.3. The molecule has 0 bridgehead atoms. The molecule has 222 valence electrons. The quantitative estimate of drug-likeness (QED) is 0.316. The van der Waals surface area contributed by atoms with Crippen LogP contribution in [0.3, 0.4) is 0 Å². The largest absolute Gasteiger partial charge is 0.444 e. The van der Waals surface area contributed by atoms with Crippen LogP contribution in [0, 0.1) is 11.6 Å². The molecule has 2 aromatic rings. The second kappa shape index (κ2) is 10.4. The van der Waals surface area contributed by atoms with Gasteiger partial charge in [0.15, 0.2) is 19.7 Å². The number of alkyl halides is 1. The van der Waals surface area contributed by atoms with E-state index in [2.05, 4.69) is 31.1 Å². The van der Waals surface area contributed by atoms with Gasteiger partial charge in [-0.3, -0.25) is 0 Å². The number of nitrogens with zero attached hydrogens (tertiary/aromatic N) is 1. The third kappa shape index (κ3) is 6.71. The zero-order valence-electron chi connectivity index (χ0n) is 25.3. The first kappa shape index (κ1) is 32.1. The number of halogens is 3. The first-order valence-corrected chi connectivity index (χ1v) is 16.5. The fourth-order valence-corrected chi connectivity index (χ4v) is 6.03. The van der Waals surface area contributed by atoms with E-state index in [1.54, 1.807) is 34.6 Å². The normalized spacial score (nSPS) is 17.2. The minimum atomic E-state index is -2.44. The lowest BCUT2D eigenvalue weighted by Gasteiger charge is -2.43. The highest BCUT2D eigenvalue weighted by Crippen LogP contribution is 2.54. The fraction of sp³-hybridized carbons (Fsp3) is 0.600. The Bertz CT molecular complexity index is 1250. The van der Waals surface area contributed by atoms with E-state index in [1.165, 1.54) is 30.3 Å². The summed E-state index contributed by atoms with van der Waals surface area (Å²) in [4.78, 5) is 16.8. The summed E-state index contributed by atoms with van der Waals surface area (Å²) < 4.78 is 57.9. The maximum absolute atomic E-state index is 16.3. The zero-order chi connectivity index (χ0) is 30.5. The lowest BCUT2D eigenvalue weighted by Crippen LogP contribution is -2.50. The smallest absolute Gasteiger partial charge is 0.407 e. The second-order valence-corrected chi connectivity index (χ2v) is 18.5. The van der Waals surface area contributed by atoms with Gasteiger partial charge in [0.05, 0.1) is 17.8 Å². The van der Waals surface area contributed by atoms with Crippen LogP contribution in [0.15, 0.2) is 30.3 Å². The molecule has 1 heterocycles. The molecular formula is C30H43F3N2O4Si. The van der Waals surface area contributed by atoms with Crippen LogP contribution in [0.25, 0.3) is 11.3 Å². The van der Waals surface area contributed by atoms with Gasteiger partial charge in [-0.1, -0.05) is 20.8 Å². The molecule has 1 amide bonds. The van der Waals surface area contributed by atoms with E-state index in [9.17, 15) is 14.3 Å². The van der Waals surface area contributed by atoms with Crippen molar-refractivity contribution in [1.29, 1.82) is 0 Å². The SMILES string of the molecule is CC(C)(C)OC(=O)NCC(O)(c1cc(C(C)(C)O[Si](C)(C)C(C)(C)C)c(F)c(-c2ccc(F)cc2)n1)C1(F)CC1. The average molecular weight is 581 g/mol. The van der Waals surface area contributed by atoms with E-state index >= 15 is 8.78 Å². The van der Waals surface area contributed by atoms with Crippen LogP contribution < -0.4 is 5.32 Å². The minimum absolute atomic E-state index is 0.0314. The average Bonchev–Trinajstić information content (AvgIpc) is 3.54. The summed E-state index contributed by atoms with van der Waals surface area (Å²) in [5, 5.41) is 14.1. The van der Waals surface area contributed by atoms with Crippen molar-refractivity contribution in [3.8, 4) is 11.3 Å². The van der Waals surface area contributed by atoms with Crippen LogP contribution in [-0.4, -0.2) is 42.3 Å². The molecule has 0 saturated heterocycles. The van der Waals surface area contributed by atoms with Gasteiger partial charge in [-0.2, -0.15) is 0 Å². The van der Waals surface area contributed by atoms with Gasteiger partial charge in [-0.25, -0.2) is 22.9 Å². The molecule has 1 saturated carbocycles. The van der Waals surface area contributed by atoms with Crippen molar-refractivity contribution in [2.24, 2.45) is 0 Å². The molecule has 1 fully saturated rings. The van der Waals surface area contributed by atoms with Crippen LogP contribution in [0.4, 0.5) is 18.0 Å². The number of carbonyl (C=O) groups is 1. The lowest BCUT2D eigenvalue weighted by molar-refractivity contribution is -0.0592. The third-order valence-corrected chi connectivity index (χ3v) is 12.4. The Kier molecular flexibility index (Phi) is 8.37. The van der Waals surface area contributed by atoms with Crippen molar-refractivity contribution >= 4 is 14.4 Å². The molecule has 10 heteroatoms. The number of benzene rings is 1. The monoisotopic (exact) mass is 580 g/mol. The number of pyridine rings is 1. The molecule has 2 N–H and O–H groups in total. The van der Waals surface area contributed by atoms with Gasteiger partial charge in [0.2, 0.25) is 0 Å². The summed E-state index contributed by atoms with van der Waals surface area (Å²) in [6.07, 6.45) is -0.773. The summed E-state index contributed by atoms with van der Waals surface area (Å²) in [6.45, 7) is 18.2. The van der Waals surface area contributed by atoms with E-state index < -0.39 is 55.1 Å². The number of amides is 1. The highest BCUT2D eigenvalue weighted by atomic mass is 28.4. The molecule has 0 spiro atoms. The van der Waals surface area contributed by atoms with Crippen LogP contribution in [0.2, 0.25) is 18.1 Å². The number of aromatic nitrogens is 1. The Morgan fingerprint density at radius 2 is 1.60 bits per heavy atom. The Hall–Kier alpha value is -2.43. The number of alkyl carbamates (subject to hydrolysis) is 1. The molecule has 1 aromatic heterocycles. The number of nitrogens with one attached hydrogen (secondary N) is 1. The third-order valence-electron chi connectivity index (χ3n) is 7.78. The molecule has 3 rings (SSSR count). The van der Waals surface area contributed by atoms with Gasteiger partial charge in [0, 0.05) is 11.1 Å². The summed E-state index contributed by atoms with van der Waals surface area (Å²) >= 11 is 0. The van der Waals surface area contributed by atoms with E-state index in [1.807, 2.05) is 13.1 Å². The molecule has 1 aliphatic carbocycles. The number of aliphatic hydroxyl groups is 1. The molecule has 0 radical (unpaired) electrons. The predicted octanol–water partition coefficient (Wildman–Crippen LogP) is 7.50. The maximum Gasteiger partial charge on any atom is 0.407 e. The van der Waals surface area contributed by atoms with E-state index in [0.717, 1.165) is 0 Å². The Labute approximate surface area is 236 Å². The van der Waals surface area contributed by atoms with Crippen LogP contribution >= 0.6 is 0 Å². The van der Waals surface area contributed by atoms with Gasteiger partial charge in [0.1, 0.15) is 22.8 Å². The second-order valence-electron chi connectivity index (χ2n) is 13.8. The molecule has 1 aliphatic rings. The molecule has 1 unspecified atom stereocenters. The highest BCUT2D eigenvalue weighted by molar-refractivity contribution is 6.74.